The first-order valence-corrected chi connectivity index (χ1v) is 11.8. The fourth-order valence-corrected chi connectivity index (χ4v) is 5.13. The molecular formula is C22H24ClN5O5S. The smallest absolute Gasteiger partial charge is 0.270 e. The van der Waals surface area contributed by atoms with E-state index in [1.807, 2.05) is 12.1 Å². The molecule has 2 heterocycles. The molecule has 1 aliphatic rings. The lowest BCUT2D eigenvalue weighted by Gasteiger charge is -2.34. The Bertz CT molecular complexity index is 1170. The van der Waals surface area contributed by atoms with E-state index < -0.39 is 10.8 Å². The number of hydrogen-bond donors (Lipinski definition) is 1. The van der Waals surface area contributed by atoms with Crippen LogP contribution in [0.2, 0.25) is 5.02 Å². The van der Waals surface area contributed by atoms with E-state index in [0.29, 0.717) is 13.1 Å². The van der Waals surface area contributed by atoms with Gasteiger partial charge in [-0.1, -0.05) is 22.9 Å². The molecule has 1 aliphatic heterocycles. The van der Waals surface area contributed by atoms with Gasteiger partial charge in [-0.05, 0) is 18.2 Å². The van der Waals surface area contributed by atoms with Gasteiger partial charge in [-0.15, -0.1) is 0 Å². The van der Waals surface area contributed by atoms with E-state index in [1.54, 1.807) is 25.6 Å². The molecule has 1 N–H and O–H groups in total. The second kappa shape index (κ2) is 10.4. The predicted octanol–water partition coefficient (Wildman–Crippen LogP) is 3.43. The number of nitrogens with one attached hydrogen (secondary N) is 1. The Morgan fingerprint density at radius 2 is 1.88 bits per heavy atom. The van der Waals surface area contributed by atoms with Crippen molar-refractivity contribution in [1.82, 2.24) is 15.2 Å². The van der Waals surface area contributed by atoms with Crippen LogP contribution in [0.4, 0.5) is 10.8 Å². The van der Waals surface area contributed by atoms with Crippen LogP contribution in [0.25, 0.3) is 10.2 Å². The highest BCUT2D eigenvalue weighted by molar-refractivity contribution is 7.22. The van der Waals surface area contributed by atoms with Crippen molar-refractivity contribution >= 4 is 49.9 Å². The van der Waals surface area contributed by atoms with Crippen molar-refractivity contribution in [3.8, 4) is 11.5 Å². The van der Waals surface area contributed by atoms with E-state index in [0.717, 1.165) is 53.0 Å². The first-order valence-electron chi connectivity index (χ1n) is 10.6. The summed E-state index contributed by atoms with van der Waals surface area (Å²) in [6.07, 6.45) is 0. The molecule has 1 saturated heterocycles. The fourth-order valence-electron chi connectivity index (χ4n) is 3.80. The van der Waals surface area contributed by atoms with Gasteiger partial charge in [-0.25, -0.2) is 4.98 Å². The van der Waals surface area contributed by atoms with Crippen molar-refractivity contribution < 1.29 is 19.2 Å². The number of nitro groups is 1. The Morgan fingerprint density at radius 1 is 1.18 bits per heavy atom. The number of nitro benzene ring substituents is 1. The average Bonchev–Trinajstić information content (AvgIpc) is 3.29. The molecule has 180 valence electrons. The Hall–Kier alpha value is -3.15. The lowest BCUT2D eigenvalue weighted by Crippen LogP contribution is -2.48. The van der Waals surface area contributed by atoms with Crippen LogP contribution in [0.5, 0.6) is 11.5 Å². The molecule has 0 bridgehead atoms. The molecule has 3 aromatic rings. The maximum atomic E-state index is 12.4. The number of hydrogen-bond acceptors (Lipinski definition) is 9. The van der Waals surface area contributed by atoms with Crippen LogP contribution in [0, 0.1) is 10.1 Å². The zero-order valence-corrected chi connectivity index (χ0v) is 20.3. The van der Waals surface area contributed by atoms with E-state index in [9.17, 15) is 14.9 Å². The van der Waals surface area contributed by atoms with Crippen molar-refractivity contribution in [1.29, 1.82) is 0 Å². The molecule has 12 heteroatoms. The van der Waals surface area contributed by atoms with Crippen molar-refractivity contribution in [2.75, 3.05) is 58.4 Å². The molecule has 0 atom stereocenters. The number of fused-ring (bicyclic) bond motifs is 1. The highest BCUT2D eigenvalue weighted by Gasteiger charge is 2.22. The minimum absolute atomic E-state index is 0.0994. The number of amides is 1. The van der Waals surface area contributed by atoms with Crippen LogP contribution >= 0.6 is 22.9 Å². The minimum atomic E-state index is -0.551. The molecule has 0 aliphatic carbocycles. The van der Waals surface area contributed by atoms with E-state index in [-0.39, 0.29) is 16.3 Å². The third-order valence-electron chi connectivity index (χ3n) is 5.66. The number of nitrogens with zero attached hydrogens (tertiary/aromatic N) is 4. The number of aromatic nitrogens is 1. The number of ether oxygens (including phenoxy) is 2. The van der Waals surface area contributed by atoms with Crippen molar-refractivity contribution in [3.05, 3.63) is 51.0 Å². The molecule has 4 rings (SSSR count). The summed E-state index contributed by atoms with van der Waals surface area (Å²) < 4.78 is 11.9. The normalized spacial score (nSPS) is 14.3. The SMILES string of the molecule is COc1ccc(OC)c2sc(N3CCN(CCNC(=O)c4cc([N+](=O)[O-])ccc4Cl)CC3)nc12. The Balaban J connectivity index is 1.31. The molecule has 2 aromatic carbocycles. The second-order valence-corrected chi connectivity index (χ2v) is 9.03. The topological polar surface area (TPSA) is 110 Å². The van der Waals surface area contributed by atoms with Crippen LogP contribution in [0.3, 0.4) is 0 Å². The summed E-state index contributed by atoms with van der Waals surface area (Å²) in [6.45, 7) is 4.31. The third kappa shape index (κ3) is 5.01. The summed E-state index contributed by atoms with van der Waals surface area (Å²) in [4.78, 5) is 32.1. The van der Waals surface area contributed by atoms with E-state index in [1.165, 1.54) is 18.2 Å². The molecule has 0 spiro atoms. The number of halogens is 1. The fraction of sp³-hybridized carbons (Fsp3) is 0.364. The maximum Gasteiger partial charge on any atom is 0.270 e. The minimum Gasteiger partial charge on any atom is -0.495 e. The summed E-state index contributed by atoms with van der Waals surface area (Å²) in [7, 11) is 3.27. The first-order chi connectivity index (χ1) is 16.4. The number of rotatable bonds is 8. The molecule has 0 radical (unpaired) electrons. The Kier molecular flexibility index (Phi) is 7.35. The Morgan fingerprint density at radius 3 is 2.56 bits per heavy atom. The molecule has 0 unspecified atom stereocenters. The Labute approximate surface area is 205 Å². The summed E-state index contributed by atoms with van der Waals surface area (Å²) in [5.41, 5.74) is 0.727. The van der Waals surface area contributed by atoms with Gasteiger partial charge in [0.25, 0.3) is 11.6 Å². The van der Waals surface area contributed by atoms with Gasteiger partial charge in [0.1, 0.15) is 21.7 Å². The number of thiazole rings is 1. The zero-order valence-electron chi connectivity index (χ0n) is 18.7. The van der Waals surface area contributed by atoms with Crippen LogP contribution < -0.4 is 19.7 Å². The van der Waals surface area contributed by atoms with Crippen LogP contribution in [0.1, 0.15) is 10.4 Å². The van der Waals surface area contributed by atoms with Gasteiger partial charge in [0.2, 0.25) is 0 Å². The molecule has 1 amide bonds. The van der Waals surface area contributed by atoms with Crippen molar-refractivity contribution in [3.63, 3.8) is 0 Å². The number of benzene rings is 2. The lowest BCUT2D eigenvalue weighted by atomic mass is 10.2. The second-order valence-electron chi connectivity index (χ2n) is 7.65. The van der Waals surface area contributed by atoms with Gasteiger partial charge in [-0.3, -0.25) is 19.8 Å². The molecule has 0 saturated carbocycles. The number of carbonyl (C=O) groups excluding carboxylic acids is 1. The molecule has 1 aromatic heterocycles. The van der Waals surface area contributed by atoms with Gasteiger partial charge in [-0.2, -0.15) is 0 Å². The highest BCUT2D eigenvalue weighted by atomic mass is 35.5. The highest BCUT2D eigenvalue weighted by Crippen LogP contribution is 2.40. The summed E-state index contributed by atoms with van der Waals surface area (Å²) in [5, 5.41) is 14.9. The monoisotopic (exact) mass is 505 g/mol. The van der Waals surface area contributed by atoms with Crippen LogP contribution in [0.15, 0.2) is 30.3 Å². The molecular weight excluding hydrogens is 482 g/mol. The number of piperazine rings is 1. The lowest BCUT2D eigenvalue weighted by molar-refractivity contribution is -0.384. The number of non-ortho nitro benzene ring substituents is 1. The molecule has 10 nitrogen and oxygen atoms in total. The van der Waals surface area contributed by atoms with Crippen molar-refractivity contribution in [2.45, 2.75) is 0 Å². The van der Waals surface area contributed by atoms with Gasteiger partial charge >= 0.3 is 0 Å². The molecule has 1 fully saturated rings. The number of methoxy groups -OCH3 is 2. The first kappa shape index (κ1) is 24.0. The predicted molar refractivity (Wildman–Crippen MR) is 132 cm³/mol. The summed E-state index contributed by atoms with van der Waals surface area (Å²) in [6, 6.07) is 7.57. The van der Waals surface area contributed by atoms with Gasteiger partial charge < -0.3 is 19.7 Å². The molecule has 34 heavy (non-hydrogen) atoms. The van der Waals surface area contributed by atoms with E-state index >= 15 is 0 Å². The van der Waals surface area contributed by atoms with Crippen LogP contribution in [-0.4, -0.2) is 74.2 Å². The van der Waals surface area contributed by atoms with Crippen molar-refractivity contribution in [2.24, 2.45) is 0 Å². The van der Waals surface area contributed by atoms with Gasteiger partial charge in [0.15, 0.2) is 5.13 Å². The largest absolute Gasteiger partial charge is 0.495 e. The summed E-state index contributed by atoms with van der Waals surface area (Å²) >= 11 is 7.63. The maximum absolute atomic E-state index is 12.4. The van der Waals surface area contributed by atoms with Gasteiger partial charge in [0, 0.05) is 51.4 Å². The zero-order chi connectivity index (χ0) is 24.2. The third-order valence-corrected chi connectivity index (χ3v) is 7.12. The summed E-state index contributed by atoms with van der Waals surface area (Å²) in [5.74, 6) is 1.07. The van der Waals surface area contributed by atoms with E-state index in [2.05, 4.69) is 15.1 Å². The average molecular weight is 506 g/mol. The standard InChI is InChI=1S/C22H24ClN5O5S/c1-32-17-5-6-18(33-2)20-19(17)25-22(34-20)27-11-9-26(10-12-27)8-7-24-21(29)15-13-14(28(30)31)3-4-16(15)23/h3-6,13H,7-12H2,1-2H3,(H,24,29). The van der Waals surface area contributed by atoms with Gasteiger partial charge in [0.05, 0.1) is 29.7 Å². The number of carbonyl (C=O) groups is 1. The number of anilines is 1. The quantitative estimate of drug-likeness (QED) is 0.366. The van der Waals surface area contributed by atoms with E-state index in [4.69, 9.17) is 26.1 Å². The van der Waals surface area contributed by atoms with Crippen LogP contribution in [-0.2, 0) is 0 Å².